The third-order valence-electron chi connectivity index (χ3n) is 3.72. The number of rotatable bonds is 3. The Morgan fingerprint density at radius 1 is 1.18 bits per heavy atom. The first-order chi connectivity index (χ1) is 10.4. The average Bonchev–Trinajstić information content (AvgIpc) is 2.99. The van der Waals surface area contributed by atoms with Crippen LogP contribution in [-0.2, 0) is 11.2 Å². The lowest BCUT2D eigenvalue weighted by Crippen LogP contribution is -2.55. The molecule has 2 rings (SSSR count). The molecule has 1 aromatic heterocycles. The molecule has 1 aromatic rings. The summed E-state index contributed by atoms with van der Waals surface area (Å²) in [5.41, 5.74) is -0.356. The standard InChI is InChI=1S/C16H25N3O2S/c1-16(2,3)14(20)18-8-10-19(11-9-18)15(21)17-7-6-13-5-4-12-22-13/h4-5,12H,6-11H2,1-3H3,(H,17,21). The summed E-state index contributed by atoms with van der Waals surface area (Å²) in [6, 6.07) is 4.07. The summed E-state index contributed by atoms with van der Waals surface area (Å²) in [6.45, 7) is 8.89. The van der Waals surface area contributed by atoms with Crippen molar-refractivity contribution in [2.75, 3.05) is 32.7 Å². The van der Waals surface area contributed by atoms with E-state index in [9.17, 15) is 9.59 Å². The van der Waals surface area contributed by atoms with Crippen molar-refractivity contribution in [2.45, 2.75) is 27.2 Å². The van der Waals surface area contributed by atoms with Crippen LogP contribution in [0.25, 0.3) is 0 Å². The molecule has 0 saturated carbocycles. The van der Waals surface area contributed by atoms with Gasteiger partial charge in [-0.05, 0) is 17.9 Å². The lowest BCUT2D eigenvalue weighted by atomic mass is 9.94. The zero-order valence-electron chi connectivity index (χ0n) is 13.6. The maximum absolute atomic E-state index is 12.2. The number of piperazine rings is 1. The Morgan fingerprint density at radius 3 is 2.36 bits per heavy atom. The molecule has 1 fully saturated rings. The Balaban J connectivity index is 1.72. The van der Waals surface area contributed by atoms with E-state index in [0.29, 0.717) is 32.7 Å². The smallest absolute Gasteiger partial charge is 0.317 e. The van der Waals surface area contributed by atoms with E-state index in [0.717, 1.165) is 6.42 Å². The van der Waals surface area contributed by atoms with E-state index < -0.39 is 0 Å². The van der Waals surface area contributed by atoms with E-state index >= 15 is 0 Å². The Labute approximate surface area is 136 Å². The fourth-order valence-electron chi connectivity index (χ4n) is 2.45. The minimum Gasteiger partial charge on any atom is -0.339 e. The molecule has 22 heavy (non-hydrogen) atoms. The number of carbonyl (C=O) groups excluding carboxylic acids is 2. The van der Waals surface area contributed by atoms with Gasteiger partial charge in [0, 0.05) is 43.0 Å². The van der Waals surface area contributed by atoms with Gasteiger partial charge < -0.3 is 15.1 Å². The van der Waals surface area contributed by atoms with Crippen molar-refractivity contribution in [1.29, 1.82) is 0 Å². The molecule has 0 radical (unpaired) electrons. The molecule has 1 saturated heterocycles. The van der Waals surface area contributed by atoms with Gasteiger partial charge in [0.2, 0.25) is 5.91 Å². The van der Waals surface area contributed by atoms with Crippen LogP contribution in [0.1, 0.15) is 25.6 Å². The fraction of sp³-hybridized carbons (Fsp3) is 0.625. The average molecular weight is 323 g/mol. The van der Waals surface area contributed by atoms with Gasteiger partial charge in [-0.2, -0.15) is 0 Å². The van der Waals surface area contributed by atoms with Crippen LogP contribution in [-0.4, -0.2) is 54.5 Å². The molecule has 0 atom stereocenters. The fourth-order valence-corrected chi connectivity index (χ4v) is 3.16. The third kappa shape index (κ3) is 4.47. The van der Waals surface area contributed by atoms with Crippen molar-refractivity contribution >= 4 is 23.3 Å². The summed E-state index contributed by atoms with van der Waals surface area (Å²) in [5, 5.41) is 5.00. The van der Waals surface area contributed by atoms with Gasteiger partial charge in [0.25, 0.3) is 0 Å². The van der Waals surface area contributed by atoms with E-state index in [1.165, 1.54) is 4.88 Å². The number of nitrogens with one attached hydrogen (secondary N) is 1. The molecule has 2 heterocycles. The lowest BCUT2D eigenvalue weighted by Gasteiger charge is -2.37. The molecule has 1 aliphatic rings. The highest BCUT2D eigenvalue weighted by molar-refractivity contribution is 7.09. The minimum atomic E-state index is -0.356. The normalized spacial score (nSPS) is 15.8. The minimum absolute atomic E-state index is 0.0283. The molecule has 5 nitrogen and oxygen atoms in total. The summed E-state index contributed by atoms with van der Waals surface area (Å²) in [6.07, 6.45) is 0.867. The quantitative estimate of drug-likeness (QED) is 0.927. The van der Waals surface area contributed by atoms with Gasteiger partial charge in [-0.3, -0.25) is 4.79 Å². The highest BCUT2D eigenvalue weighted by Gasteiger charge is 2.30. The van der Waals surface area contributed by atoms with Gasteiger partial charge in [-0.25, -0.2) is 4.79 Å². The monoisotopic (exact) mass is 323 g/mol. The highest BCUT2D eigenvalue weighted by atomic mass is 32.1. The van der Waals surface area contributed by atoms with Crippen molar-refractivity contribution < 1.29 is 9.59 Å². The van der Waals surface area contributed by atoms with Crippen LogP contribution in [0.4, 0.5) is 4.79 Å². The molecular formula is C16H25N3O2S. The second-order valence-corrected chi connectivity index (χ2v) is 7.62. The van der Waals surface area contributed by atoms with Crippen molar-refractivity contribution in [3.05, 3.63) is 22.4 Å². The molecule has 122 valence electrons. The summed E-state index contributed by atoms with van der Waals surface area (Å²) in [7, 11) is 0. The molecule has 0 spiro atoms. The molecule has 6 heteroatoms. The number of carbonyl (C=O) groups is 2. The second-order valence-electron chi connectivity index (χ2n) is 6.59. The molecule has 0 aromatic carbocycles. The number of nitrogens with zero attached hydrogens (tertiary/aromatic N) is 2. The van der Waals surface area contributed by atoms with Crippen LogP contribution >= 0.6 is 11.3 Å². The van der Waals surface area contributed by atoms with Crippen molar-refractivity contribution in [2.24, 2.45) is 5.41 Å². The van der Waals surface area contributed by atoms with Gasteiger partial charge in [0.15, 0.2) is 0 Å². The Kier molecular flexibility index (Phi) is 5.45. The zero-order valence-corrected chi connectivity index (χ0v) is 14.4. The number of urea groups is 1. The summed E-state index contributed by atoms with van der Waals surface area (Å²) in [4.78, 5) is 29.3. The van der Waals surface area contributed by atoms with E-state index in [1.54, 1.807) is 16.2 Å². The number of thiophene rings is 1. The number of hydrogen-bond acceptors (Lipinski definition) is 3. The van der Waals surface area contributed by atoms with E-state index in [4.69, 9.17) is 0 Å². The topological polar surface area (TPSA) is 52.7 Å². The first-order valence-corrected chi connectivity index (χ1v) is 8.60. The van der Waals surface area contributed by atoms with E-state index in [1.807, 2.05) is 37.1 Å². The molecule has 1 N–H and O–H groups in total. The second kappa shape index (κ2) is 7.13. The van der Waals surface area contributed by atoms with Crippen molar-refractivity contribution in [3.8, 4) is 0 Å². The van der Waals surface area contributed by atoms with Gasteiger partial charge >= 0.3 is 6.03 Å². The van der Waals surface area contributed by atoms with Crippen molar-refractivity contribution in [3.63, 3.8) is 0 Å². The van der Waals surface area contributed by atoms with Crippen LogP contribution in [0, 0.1) is 5.41 Å². The van der Waals surface area contributed by atoms with Gasteiger partial charge in [0.1, 0.15) is 0 Å². The zero-order chi connectivity index (χ0) is 16.2. The molecular weight excluding hydrogens is 298 g/mol. The largest absolute Gasteiger partial charge is 0.339 e. The summed E-state index contributed by atoms with van der Waals surface area (Å²) in [5.74, 6) is 0.158. The van der Waals surface area contributed by atoms with E-state index in [-0.39, 0.29) is 17.4 Å². The predicted molar refractivity (Wildman–Crippen MR) is 89.0 cm³/mol. The molecule has 0 bridgehead atoms. The summed E-state index contributed by atoms with van der Waals surface area (Å²) >= 11 is 1.71. The van der Waals surface area contributed by atoms with Crippen LogP contribution in [0.2, 0.25) is 0 Å². The predicted octanol–water partition coefficient (Wildman–Crippen LogP) is 2.19. The molecule has 1 aliphatic heterocycles. The SMILES string of the molecule is CC(C)(C)C(=O)N1CCN(C(=O)NCCc2cccs2)CC1. The molecule has 0 unspecified atom stereocenters. The maximum atomic E-state index is 12.2. The Morgan fingerprint density at radius 2 is 1.82 bits per heavy atom. The Bertz CT molecular complexity index is 500. The number of amides is 3. The first kappa shape index (κ1) is 16.8. The first-order valence-electron chi connectivity index (χ1n) is 7.72. The van der Waals surface area contributed by atoms with Crippen LogP contribution in [0.5, 0.6) is 0 Å². The van der Waals surface area contributed by atoms with Gasteiger partial charge in [0.05, 0.1) is 0 Å². The molecule has 3 amide bonds. The summed E-state index contributed by atoms with van der Waals surface area (Å²) < 4.78 is 0. The maximum Gasteiger partial charge on any atom is 0.317 e. The third-order valence-corrected chi connectivity index (χ3v) is 4.66. The van der Waals surface area contributed by atoms with E-state index in [2.05, 4.69) is 11.4 Å². The lowest BCUT2D eigenvalue weighted by molar-refractivity contribution is -0.140. The molecule has 0 aliphatic carbocycles. The van der Waals surface area contributed by atoms with Crippen molar-refractivity contribution in [1.82, 2.24) is 15.1 Å². The number of hydrogen-bond donors (Lipinski definition) is 1. The van der Waals surface area contributed by atoms with Crippen LogP contribution in [0.3, 0.4) is 0 Å². The van der Waals surface area contributed by atoms with Gasteiger partial charge in [-0.15, -0.1) is 11.3 Å². The van der Waals surface area contributed by atoms with Crippen LogP contribution < -0.4 is 5.32 Å². The Hall–Kier alpha value is -1.56. The van der Waals surface area contributed by atoms with Crippen LogP contribution in [0.15, 0.2) is 17.5 Å². The van der Waals surface area contributed by atoms with Gasteiger partial charge in [-0.1, -0.05) is 26.8 Å². The highest BCUT2D eigenvalue weighted by Crippen LogP contribution is 2.18.